The minimum absolute atomic E-state index is 0.141. The number of likely N-dealkylation sites (tertiary alicyclic amines) is 1. The molecule has 0 aromatic heterocycles. The number of nitrogens with one attached hydrogen (secondary N) is 3. The van der Waals surface area contributed by atoms with Crippen LogP contribution in [-0.2, 0) is 11.2 Å². The van der Waals surface area contributed by atoms with Crippen molar-refractivity contribution in [3.8, 4) is 0 Å². The van der Waals surface area contributed by atoms with Crippen molar-refractivity contribution in [2.24, 2.45) is 5.92 Å². The van der Waals surface area contributed by atoms with Crippen LogP contribution in [0.15, 0.2) is 42.5 Å². The molecule has 1 fully saturated rings. The minimum atomic E-state index is -0.193. The predicted octanol–water partition coefficient (Wildman–Crippen LogP) is 3.51. The van der Waals surface area contributed by atoms with Crippen LogP contribution in [0, 0.1) is 11.7 Å². The van der Waals surface area contributed by atoms with Crippen LogP contribution in [0.3, 0.4) is 0 Å². The average Bonchev–Trinajstić information content (AvgIpc) is 3.16. The standard InChI is InChI=1S/C21H25FN4O/c22-17-3-1-15(2-4-17)11-16-7-9-26(10-8-16)21(27)13-23-18-5-6-19-20(12-18)25-14-24-19/h1-6,12,16,23-25H,7-11,13-14H2. The Morgan fingerprint density at radius 1 is 1.07 bits per heavy atom. The number of rotatable bonds is 5. The molecule has 2 aromatic rings. The summed E-state index contributed by atoms with van der Waals surface area (Å²) >= 11 is 0. The molecule has 0 aliphatic carbocycles. The summed E-state index contributed by atoms with van der Waals surface area (Å²) < 4.78 is 13.0. The van der Waals surface area contributed by atoms with E-state index in [2.05, 4.69) is 16.0 Å². The lowest BCUT2D eigenvalue weighted by molar-refractivity contribution is -0.130. The largest absolute Gasteiger partial charge is 0.376 e. The van der Waals surface area contributed by atoms with Crippen molar-refractivity contribution in [1.82, 2.24) is 4.90 Å². The Hall–Kier alpha value is -2.76. The van der Waals surface area contributed by atoms with Crippen molar-refractivity contribution in [1.29, 1.82) is 0 Å². The van der Waals surface area contributed by atoms with Gasteiger partial charge in [0.15, 0.2) is 0 Å². The van der Waals surface area contributed by atoms with E-state index in [-0.39, 0.29) is 11.7 Å². The summed E-state index contributed by atoms with van der Waals surface area (Å²) in [7, 11) is 0. The van der Waals surface area contributed by atoms with Crippen molar-refractivity contribution in [3.05, 3.63) is 53.8 Å². The Morgan fingerprint density at radius 2 is 1.81 bits per heavy atom. The molecule has 6 heteroatoms. The minimum Gasteiger partial charge on any atom is -0.376 e. The first-order chi connectivity index (χ1) is 13.2. The van der Waals surface area contributed by atoms with Gasteiger partial charge in [-0.15, -0.1) is 0 Å². The Kier molecular flexibility index (Phi) is 5.14. The average molecular weight is 368 g/mol. The summed E-state index contributed by atoms with van der Waals surface area (Å²) in [5, 5.41) is 9.72. The van der Waals surface area contributed by atoms with Crippen LogP contribution in [-0.4, -0.2) is 37.1 Å². The van der Waals surface area contributed by atoms with E-state index < -0.39 is 0 Å². The van der Waals surface area contributed by atoms with E-state index in [0.717, 1.165) is 56.1 Å². The number of carbonyl (C=O) groups is 1. The lowest BCUT2D eigenvalue weighted by Gasteiger charge is -2.32. The maximum Gasteiger partial charge on any atom is 0.241 e. The second kappa shape index (κ2) is 7.86. The Labute approximate surface area is 158 Å². The summed E-state index contributed by atoms with van der Waals surface area (Å²) in [6.07, 6.45) is 2.95. The second-order valence-electron chi connectivity index (χ2n) is 7.30. The highest BCUT2D eigenvalue weighted by Crippen LogP contribution is 2.29. The molecule has 4 rings (SSSR count). The third kappa shape index (κ3) is 4.32. The zero-order valence-electron chi connectivity index (χ0n) is 15.3. The topological polar surface area (TPSA) is 56.4 Å². The zero-order valence-corrected chi connectivity index (χ0v) is 15.3. The monoisotopic (exact) mass is 368 g/mol. The summed E-state index contributed by atoms with van der Waals surface area (Å²) in [6.45, 7) is 2.64. The fourth-order valence-corrected chi connectivity index (χ4v) is 3.82. The number of hydrogen-bond acceptors (Lipinski definition) is 4. The Balaban J connectivity index is 1.23. The van der Waals surface area contributed by atoms with E-state index in [1.807, 2.05) is 35.2 Å². The SMILES string of the molecule is O=C(CNc1ccc2c(c1)NCN2)N1CCC(Cc2ccc(F)cc2)CC1. The van der Waals surface area contributed by atoms with Crippen LogP contribution in [0.2, 0.25) is 0 Å². The van der Waals surface area contributed by atoms with Gasteiger partial charge in [-0.25, -0.2) is 4.39 Å². The van der Waals surface area contributed by atoms with Crippen molar-refractivity contribution >= 4 is 23.0 Å². The summed E-state index contributed by atoms with van der Waals surface area (Å²) in [5.74, 6) is 0.506. The Bertz CT molecular complexity index is 800. The number of hydrogen-bond donors (Lipinski definition) is 3. The van der Waals surface area contributed by atoms with Gasteiger partial charge < -0.3 is 20.9 Å². The van der Waals surface area contributed by atoms with Gasteiger partial charge in [-0.2, -0.15) is 0 Å². The van der Waals surface area contributed by atoms with E-state index >= 15 is 0 Å². The number of halogens is 1. The second-order valence-corrected chi connectivity index (χ2v) is 7.30. The molecular formula is C21H25FN4O. The van der Waals surface area contributed by atoms with E-state index in [1.54, 1.807) is 0 Å². The molecule has 2 heterocycles. The number of carbonyl (C=O) groups excluding carboxylic acids is 1. The molecule has 2 aliphatic rings. The molecule has 1 saturated heterocycles. The number of piperidine rings is 1. The quantitative estimate of drug-likeness (QED) is 0.756. The van der Waals surface area contributed by atoms with Crippen molar-refractivity contribution in [3.63, 3.8) is 0 Å². The summed E-state index contributed by atoms with van der Waals surface area (Å²) in [4.78, 5) is 14.4. The highest BCUT2D eigenvalue weighted by atomic mass is 19.1. The maximum absolute atomic E-state index is 13.0. The van der Waals surface area contributed by atoms with Crippen molar-refractivity contribution < 1.29 is 9.18 Å². The first kappa shape index (κ1) is 17.6. The van der Waals surface area contributed by atoms with Gasteiger partial charge in [-0.3, -0.25) is 4.79 Å². The smallest absolute Gasteiger partial charge is 0.241 e. The van der Waals surface area contributed by atoms with Gasteiger partial charge in [0.05, 0.1) is 24.6 Å². The lowest BCUT2D eigenvalue weighted by atomic mass is 9.90. The van der Waals surface area contributed by atoms with Crippen LogP contribution in [0.5, 0.6) is 0 Å². The number of benzene rings is 2. The fourth-order valence-electron chi connectivity index (χ4n) is 3.82. The normalized spacial score (nSPS) is 16.4. The van der Waals surface area contributed by atoms with Gasteiger partial charge in [-0.05, 0) is 61.1 Å². The van der Waals surface area contributed by atoms with E-state index in [4.69, 9.17) is 0 Å². The van der Waals surface area contributed by atoms with Gasteiger partial charge in [-0.1, -0.05) is 12.1 Å². The fraction of sp³-hybridized carbons (Fsp3) is 0.381. The van der Waals surface area contributed by atoms with Crippen LogP contribution >= 0.6 is 0 Å². The molecular weight excluding hydrogens is 343 g/mol. The van der Waals surface area contributed by atoms with E-state index in [1.165, 1.54) is 17.7 Å². The molecule has 142 valence electrons. The third-order valence-electron chi connectivity index (χ3n) is 5.43. The van der Waals surface area contributed by atoms with Crippen LogP contribution in [0.4, 0.5) is 21.5 Å². The molecule has 1 amide bonds. The number of amides is 1. The zero-order chi connectivity index (χ0) is 18.6. The van der Waals surface area contributed by atoms with Crippen LogP contribution in [0.1, 0.15) is 18.4 Å². The molecule has 0 bridgehead atoms. The van der Waals surface area contributed by atoms with Gasteiger partial charge in [0.25, 0.3) is 0 Å². The molecule has 2 aliphatic heterocycles. The molecule has 0 radical (unpaired) electrons. The van der Waals surface area contributed by atoms with Gasteiger partial charge in [0.2, 0.25) is 5.91 Å². The van der Waals surface area contributed by atoms with Crippen LogP contribution < -0.4 is 16.0 Å². The van der Waals surface area contributed by atoms with Gasteiger partial charge in [0.1, 0.15) is 5.82 Å². The number of anilines is 3. The summed E-state index contributed by atoms with van der Waals surface area (Å²) in [5.41, 5.74) is 4.27. The van der Waals surface area contributed by atoms with Crippen molar-refractivity contribution in [2.75, 3.05) is 42.3 Å². The highest BCUT2D eigenvalue weighted by Gasteiger charge is 2.23. The predicted molar refractivity (Wildman–Crippen MR) is 106 cm³/mol. The Morgan fingerprint density at radius 3 is 2.59 bits per heavy atom. The molecule has 0 spiro atoms. The first-order valence-corrected chi connectivity index (χ1v) is 9.55. The van der Waals surface area contributed by atoms with Gasteiger partial charge >= 0.3 is 0 Å². The van der Waals surface area contributed by atoms with Crippen LogP contribution in [0.25, 0.3) is 0 Å². The lowest BCUT2D eigenvalue weighted by Crippen LogP contribution is -2.41. The molecule has 0 unspecified atom stereocenters. The van der Waals surface area contributed by atoms with E-state index in [0.29, 0.717) is 12.5 Å². The molecule has 2 aromatic carbocycles. The van der Waals surface area contributed by atoms with Gasteiger partial charge in [0, 0.05) is 18.8 Å². The first-order valence-electron chi connectivity index (χ1n) is 9.55. The number of fused-ring (bicyclic) bond motifs is 1. The molecule has 5 nitrogen and oxygen atoms in total. The molecule has 27 heavy (non-hydrogen) atoms. The summed E-state index contributed by atoms with van der Waals surface area (Å²) in [6, 6.07) is 12.8. The highest BCUT2D eigenvalue weighted by molar-refractivity contribution is 5.82. The molecule has 0 atom stereocenters. The maximum atomic E-state index is 13.0. The molecule has 0 saturated carbocycles. The number of nitrogens with zero attached hydrogens (tertiary/aromatic N) is 1. The van der Waals surface area contributed by atoms with E-state index in [9.17, 15) is 9.18 Å². The molecule has 3 N–H and O–H groups in total. The third-order valence-corrected chi connectivity index (χ3v) is 5.43. The van der Waals surface area contributed by atoms with Crippen molar-refractivity contribution in [2.45, 2.75) is 19.3 Å².